The van der Waals surface area contributed by atoms with E-state index in [0.717, 1.165) is 18.0 Å². The monoisotopic (exact) mass is 421 g/mol. The first-order chi connectivity index (χ1) is 14.3. The summed E-state index contributed by atoms with van der Waals surface area (Å²) < 4.78 is 1.11. The molecule has 0 aliphatic rings. The summed E-state index contributed by atoms with van der Waals surface area (Å²) in [6.07, 6.45) is 15.9. The van der Waals surface area contributed by atoms with Gasteiger partial charge in [-0.1, -0.05) is 101 Å². The number of hydrogen-bond donors (Lipinski definition) is 1. The number of benzene rings is 1. The molecule has 0 spiro atoms. The van der Waals surface area contributed by atoms with Crippen molar-refractivity contribution in [3.63, 3.8) is 0 Å². The Bertz CT molecular complexity index is 514. The van der Waals surface area contributed by atoms with Gasteiger partial charge >= 0.3 is 0 Å². The van der Waals surface area contributed by atoms with E-state index in [0.29, 0.717) is 0 Å². The molecule has 30 heavy (non-hydrogen) atoms. The molecule has 1 rings (SSSR count). The molecule has 0 aliphatic heterocycles. The van der Waals surface area contributed by atoms with Gasteiger partial charge in [0.2, 0.25) is 0 Å². The van der Waals surface area contributed by atoms with Gasteiger partial charge in [0, 0.05) is 5.56 Å². The van der Waals surface area contributed by atoms with E-state index in [1.54, 1.807) is 0 Å². The number of nitrogens with zero attached hydrogens (tertiary/aromatic N) is 1. The summed E-state index contributed by atoms with van der Waals surface area (Å²) in [4.78, 5) is 9.34. The average Bonchev–Trinajstić information content (AvgIpc) is 2.69. The van der Waals surface area contributed by atoms with Crippen LogP contribution in [0.3, 0.4) is 0 Å². The highest BCUT2D eigenvalue weighted by Gasteiger charge is 2.14. The quantitative estimate of drug-likeness (QED) is 0.299. The molecule has 0 radical (unpaired) electrons. The maximum Gasteiger partial charge on any atom is 0.104 e. The van der Waals surface area contributed by atoms with Crippen molar-refractivity contribution in [1.29, 1.82) is 0 Å². The minimum atomic E-state index is -1.44. The number of carbonyl (C=O) groups is 1. The average molecular weight is 422 g/mol. The van der Waals surface area contributed by atoms with Gasteiger partial charge in [0.15, 0.2) is 0 Å². The zero-order valence-electron chi connectivity index (χ0n) is 20.1. The second kappa shape index (κ2) is 18.4. The highest BCUT2D eigenvalue weighted by Crippen LogP contribution is 2.14. The third-order valence-electron chi connectivity index (χ3n) is 5.41. The molecule has 0 saturated heterocycles. The van der Waals surface area contributed by atoms with Gasteiger partial charge in [0.05, 0.1) is 32.7 Å². The first-order valence-corrected chi connectivity index (χ1v) is 12.0. The van der Waals surface area contributed by atoms with E-state index in [1.165, 1.54) is 89.2 Å². The lowest BCUT2D eigenvalue weighted by molar-refractivity contribution is -0.903. The first-order valence-electron chi connectivity index (χ1n) is 12.0. The van der Waals surface area contributed by atoms with E-state index in [4.69, 9.17) is 5.11 Å². The molecule has 0 heterocycles. The number of rotatable bonds is 16. The van der Waals surface area contributed by atoms with Crippen LogP contribution in [-0.2, 0) is 11.3 Å². The van der Waals surface area contributed by atoms with Gasteiger partial charge in [-0.05, 0) is 19.8 Å². The number of aliphatic carboxylic acids is 1. The zero-order chi connectivity index (χ0) is 22.7. The molecule has 4 heteroatoms. The molecule has 4 nitrogen and oxygen atoms in total. The molecule has 1 unspecified atom stereocenters. The largest absolute Gasteiger partial charge is 0.547 e. The number of carboxylic acid groups (broad SMARTS) is 1. The van der Waals surface area contributed by atoms with Gasteiger partial charge in [-0.2, -0.15) is 0 Å². The van der Waals surface area contributed by atoms with Crippen LogP contribution in [0.4, 0.5) is 0 Å². The van der Waals surface area contributed by atoms with Crippen molar-refractivity contribution in [3.05, 3.63) is 35.9 Å². The number of carbonyl (C=O) groups excluding carboxylic acids is 1. The van der Waals surface area contributed by atoms with E-state index < -0.39 is 12.1 Å². The van der Waals surface area contributed by atoms with Gasteiger partial charge in [-0.3, -0.25) is 0 Å². The molecule has 1 atom stereocenters. The number of carboxylic acids is 1. The van der Waals surface area contributed by atoms with Crippen LogP contribution in [0.5, 0.6) is 0 Å². The number of aliphatic hydroxyl groups excluding tert-OH is 1. The van der Waals surface area contributed by atoms with Crippen molar-refractivity contribution in [2.24, 2.45) is 0 Å². The summed E-state index contributed by atoms with van der Waals surface area (Å²) in [6, 6.07) is 10.9. The smallest absolute Gasteiger partial charge is 0.104 e. The van der Waals surface area contributed by atoms with Crippen LogP contribution in [0.15, 0.2) is 30.3 Å². The van der Waals surface area contributed by atoms with Crippen LogP contribution in [0.1, 0.15) is 96.5 Å². The van der Waals surface area contributed by atoms with E-state index in [2.05, 4.69) is 51.4 Å². The van der Waals surface area contributed by atoms with Crippen molar-refractivity contribution in [2.75, 3.05) is 20.6 Å². The Labute approximate surface area is 185 Å². The molecule has 174 valence electrons. The summed E-state index contributed by atoms with van der Waals surface area (Å²) in [7, 11) is 4.73. The summed E-state index contributed by atoms with van der Waals surface area (Å²) in [5.41, 5.74) is 1.46. The van der Waals surface area contributed by atoms with Crippen molar-refractivity contribution >= 4 is 5.97 Å². The van der Waals surface area contributed by atoms with E-state index in [-0.39, 0.29) is 0 Å². The predicted octanol–water partition coefficient (Wildman–Crippen LogP) is 5.08. The van der Waals surface area contributed by atoms with Gasteiger partial charge in [-0.15, -0.1) is 0 Å². The molecule has 1 aromatic carbocycles. The van der Waals surface area contributed by atoms with Crippen LogP contribution in [0, 0.1) is 0 Å². The molecule has 0 bridgehead atoms. The fraction of sp³-hybridized carbons (Fsp3) is 0.731. The molecule has 0 amide bonds. The third kappa shape index (κ3) is 18.6. The standard InChI is InChI=1S/C23H42N.C3H6O3/c1-4-5-6-7-8-9-10-11-12-13-14-18-21-24(2,3)22-23-19-16-15-17-20-23;1-2(4)3(5)6/h15-17,19-20H,4-14,18,21-22H2,1-3H3;2,4H,1H3,(H,5,6)/q+1;/p-1. The highest BCUT2D eigenvalue weighted by molar-refractivity contribution is 5.68. The fourth-order valence-electron chi connectivity index (χ4n) is 3.54. The molecule has 0 aliphatic carbocycles. The second-order valence-electron chi connectivity index (χ2n) is 9.19. The van der Waals surface area contributed by atoms with Gasteiger partial charge in [0.25, 0.3) is 0 Å². The molecular formula is C26H47NO3. The highest BCUT2D eigenvalue weighted by atomic mass is 16.4. The van der Waals surface area contributed by atoms with Crippen molar-refractivity contribution < 1.29 is 19.5 Å². The summed E-state index contributed by atoms with van der Waals surface area (Å²) >= 11 is 0. The lowest BCUT2D eigenvalue weighted by Crippen LogP contribution is -2.39. The van der Waals surface area contributed by atoms with Crippen molar-refractivity contribution in [2.45, 2.75) is 104 Å². The van der Waals surface area contributed by atoms with Gasteiger partial charge in [0.1, 0.15) is 6.54 Å². The van der Waals surface area contributed by atoms with Crippen LogP contribution in [0.25, 0.3) is 0 Å². The third-order valence-corrected chi connectivity index (χ3v) is 5.41. The van der Waals surface area contributed by atoms with Gasteiger partial charge < -0.3 is 19.5 Å². The summed E-state index contributed by atoms with van der Waals surface area (Å²) in [5, 5.41) is 17.3. The maximum atomic E-state index is 9.34. The van der Waals surface area contributed by atoms with E-state index >= 15 is 0 Å². The number of unbranched alkanes of at least 4 members (excludes halogenated alkanes) is 11. The van der Waals surface area contributed by atoms with Crippen LogP contribution in [-0.4, -0.2) is 42.3 Å². The number of quaternary nitrogens is 1. The normalized spacial score (nSPS) is 12.2. The number of aliphatic hydroxyl groups is 1. The predicted molar refractivity (Wildman–Crippen MR) is 125 cm³/mol. The molecular weight excluding hydrogens is 374 g/mol. The Hall–Kier alpha value is -1.39. The fourth-order valence-corrected chi connectivity index (χ4v) is 3.54. The minimum Gasteiger partial charge on any atom is -0.547 e. The molecule has 0 aromatic heterocycles. The first kappa shape index (κ1) is 28.6. The van der Waals surface area contributed by atoms with Crippen molar-refractivity contribution in [3.8, 4) is 0 Å². The van der Waals surface area contributed by atoms with Gasteiger partial charge in [-0.25, -0.2) is 0 Å². The lowest BCUT2D eigenvalue weighted by Gasteiger charge is -2.30. The summed E-state index contributed by atoms with van der Waals surface area (Å²) in [5.74, 6) is -1.44. The Morgan fingerprint density at radius 1 is 0.867 bits per heavy atom. The zero-order valence-corrected chi connectivity index (χ0v) is 20.1. The molecule has 0 fully saturated rings. The van der Waals surface area contributed by atoms with E-state index in [1.807, 2.05) is 0 Å². The Balaban J connectivity index is 0.00000122. The van der Waals surface area contributed by atoms with Crippen molar-refractivity contribution in [1.82, 2.24) is 0 Å². The molecule has 1 N–H and O–H groups in total. The maximum absolute atomic E-state index is 9.34. The Kier molecular flexibility index (Phi) is 17.5. The minimum absolute atomic E-state index is 1.11. The Morgan fingerprint density at radius 2 is 1.27 bits per heavy atom. The lowest BCUT2D eigenvalue weighted by atomic mass is 10.1. The molecule has 1 aromatic rings. The van der Waals surface area contributed by atoms with E-state index in [9.17, 15) is 9.90 Å². The van der Waals surface area contributed by atoms with Crippen LogP contribution < -0.4 is 5.11 Å². The second-order valence-corrected chi connectivity index (χ2v) is 9.19. The van der Waals surface area contributed by atoms with Crippen LogP contribution >= 0.6 is 0 Å². The molecule has 0 saturated carbocycles. The number of hydrogen-bond acceptors (Lipinski definition) is 3. The topological polar surface area (TPSA) is 60.4 Å². The SMILES string of the molecule is CC(O)C(=O)[O-].CCCCCCCCCCCCCC[N+](C)(C)Cc1ccccc1. The van der Waals surface area contributed by atoms with Crippen LogP contribution in [0.2, 0.25) is 0 Å². The summed E-state index contributed by atoms with van der Waals surface area (Å²) in [6.45, 7) is 5.88. The Morgan fingerprint density at radius 3 is 1.67 bits per heavy atom.